The molecule has 0 bridgehead atoms. The van der Waals surface area contributed by atoms with Crippen LogP contribution in [-0.2, 0) is 17.8 Å². The lowest BCUT2D eigenvalue weighted by Crippen LogP contribution is -2.48. The molecule has 1 atom stereocenters. The Balaban J connectivity index is 1.39. The van der Waals surface area contributed by atoms with Crippen molar-refractivity contribution in [2.75, 3.05) is 31.6 Å². The van der Waals surface area contributed by atoms with E-state index in [0.29, 0.717) is 11.6 Å². The predicted octanol–water partition coefficient (Wildman–Crippen LogP) is 3.93. The van der Waals surface area contributed by atoms with Gasteiger partial charge in [0.25, 0.3) is 0 Å². The Bertz CT molecular complexity index is 1200. The number of piperazine rings is 1. The molecule has 0 radical (unpaired) electrons. The molecule has 1 saturated heterocycles. The minimum absolute atomic E-state index is 0.0211. The standard InChI is InChI=1S/C28H31N5O/c1-20-18-33(14-13-30-20)19-22-7-10-26(11-8-22)32(3)28(34)16-24-9-12-27(31-21(24)2)25-6-4-5-23(15-25)17-29/h4-12,15,20,30H,13-14,16,18-19H2,1-3H3/t20-/m0/s1. The van der Waals surface area contributed by atoms with Crippen molar-refractivity contribution in [3.8, 4) is 17.3 Å². The van der Waals surface area contributed by atoms with Gasteiger partial charge in [-0.25, -0.2) is 0 Å². The molecule has 1 fully saturated rings. The molecule has 6 heteroatoms. The molecule has 2 heterocycles. The molecule has 1 N–H and O–H groups in total. The van der Waals surface area contributed by atoms with Gasteiger partial charge in [-0.1, -0.05) is 30.3 Å². The first-order chi connectivity index (χ1) is 16.4. The number of carbonyl (C=O) groups excluding carboxylic acids is 1. The van der Waals surface area contributed by atoms with Crippen molar-refractivity contribution >= 4 is 11.6 Å². The van der Waals surface area contributed by atoms with Crippen LogP contribution in [0.1, 0.15) is 29.3 Å². The highest BCUT2D eigenvalue weighted by molar-refractivity contribution is 5.94. The first-order valence-electron chi connectivity index (χ1n) is 11.7. The number of hydrogen-bond donors (Lipinski definition) is 1. The van der Waals surface area contributed by atoms with Crippen LogP contribution in [0, 0.1) is 18.3 Å². The monoisotopic (exact) mass is 453 g/mol. The van der Waals surface area contributed by atoms with Gasteiger partial charge in [0.15, 0.2) is 0 Å². The van der Waals surface area contributed by atoms with Crippen molar-refractivity contribution in [1.82, 2.24) is 15.2 Å². The van der Waals surface area contributed by atoms with E-state index in [9.17, 15) is 4.79 Å². The molecular weight excluding hydrogens is 422 g/mol. The second-order valence-corrected chi connectivity index (χ2v) is 9.02. The fraction of sp³-hybridized carbons (Fsp3) is 0.321. The lowest BCUT2D eigenvalue weighted by molar-refractivity contribution is -0.117. The normalized spacial score (nSPS) is 16.1. The zero-order valence-electron chi connectivity index (χ0n) is 20.1. The lowest BCUT2D eigenvalue weighted by atomic mass is 10.0. The topological polar surface area (TPSA) is 72.3 Å². The summed E-state index contributed by atoms with van der Waals surface area (Å²) < 4.78 is 0. The van der Waals surface area contributed by atoms with Crippen LogP contribution in [0.25, 0.3) is 11.3 Å². The van der Waals surface area contributed by atoms with Gasteiger partial charge in [0.1, 0.15) is 0 Å². The van der Waals surface area contributed by atoms with Crippen LogP contribution >= 0.6 is 0 Å². The van der Waals surface area contributed by atoms with E-state index in [1.54, 1.807) is 11.0 Å². The van der Waals surface area contributed by atoms with Gasteiger partial charge in [-0.05, 0) is 55.3 Å². The van der Waals surface area contributed by atoms with E-state index >= 15 is 0 Å². The summed E-state index contributed by atoms with van der Waals surface area (Å²) >= 11 is 0. The van der Waals surface area contributed by atoms with Crippen molar-refractivity contribution in [3.63, 3.8) is 0 Å². The SMILES string of the molecule is Cc1nc(-c2cccc(C#N)c2)ccc1CC(=O)N(C)c1ccc(CN2CCN[C@@H](C)C2)cc1. The highest BCUT2D eigenvalue weighted by Gasteiger charge is 2.17. The molecule has 1 aliphatic heterocycles. The minimum atomic E-state index is 0.0211. The van der Waals surface area contributed by atoms with Gasteiger partial charge >= 0.3 is 0 Å². The third-order valence-electron chi connectivity index (χ3n) is 6.38. The van der Waals surface area contributed by atoms with E-state index in [2.05, 4.69) is 40.3 Å². The van der Waals surface area contributed by atoms with Crippen LogP contribution < -0.4 is 10.2 Å². The summed E-state index contributed by atoms with van der Waals surface area (Å²) in [5.74, 6) is 0.0211. The molecule has 3 aromatic rings. The molecule has 1 amide bonds. The Kier molecular flexibility index (Phi) is 7.36. The predicted molar refractivity (Wildman–Crippen MR) is 135 cm³/mol. The Morgan fingerprint density at radius 2 is 2.00 bits per heavy atom. The highest BCUT2D eigenvalue weighted by atomic mass is 16.2. The van der Waals surface area contributed by atoms with Crippen LogP contribution in [0.3, 0.4) is 0 Å². The molecule has 0 saturated carbocycles. The van der Waals surface area contributed by atoms with E-state index in [-0.39, 0.29) is 12.3 Å². The summed E-state index contributed by atoms with van der Waals surface area (Å²) in [6, 6.07) is 22.2. The van der Waals surface area contributed by atoms with Crippen molar-refractivity contribution in [2.45, 2.75) is 32.9 Å². The zero-order valence-corrected chi connectivity index (χ0v) is 20.1. The first kappa shape index (κ1) is 23.6. The fourth-order valence-electron chi connectivity index (χ4n) is 4.35. The molecular formula is C28H31N5O. The first-order valence-corrected chi connectivity index (χ1v) is 11.7. The number of pyridine rings is 1. The third-order valence-corrected chi connectivity index (χ3v) is 6.38. The lowest BCUT2D eigenvalue weighted by Gasteiger charge is -2.31. The van der Waals surface area contributed by atoms with Gasteiger partial charge < -0.3 is 10.2 Å². The van der Waals surface area contributed by atoms with Crippen molar-refractivity contribution in [1.29, 1.82) is 5.26 Å². The Morgan fingerprint density at radius 1 is 1.21 bits per heavy atom. The maximum Gasteiger partial charge on any atom is 0.231 e. The van der Waals surface area contributed by atoms with Gasteiger partial charge in [0.05, 0.1) is 23.7 Å². The number of nitrogens with one attached hydrogen (secondary N) is 1. The van der Waals surface area contributed by atoms with Crippen LogP contribution in [0.4, 0.5) is 5.69 Å². The second kappa shape index (κ2) is 10.6. The second-order valence-electron chi connectivity index (χ2n) is 9.02. The molecule has 1 aromatic heterocycles. The zero-order chi connectivity index (χ0) is 24.1. The van der Waals surface area contributed by atoms with Gasteiger partial charge in [-0.2, -0.15) is 5.26 Å². The number of nitrogens with zero attached hydrogens (tertiary/aromatic N) is 4. The van der Waals surface area contributed by atoms with Gasteiger partial charge in [-0.3, -0.25) is 14.7 Å². The van der Waals surface area contributed by atoms with Crippen LogP contribution in [0.2, 0.25) is 0 Å². The maximum absolute atomic E-state index is 13.0. The molecule has 0 unspecified atom stereocenters. The number of amides is 1. The number of hydrogen-bond acceptors (Lipinski definition) is 5. The molecule has 6 nitrogen and oxygen atoms in total. The van der Waals surface area contributed by atoms with E-state index in [4.69, 9.17) is 5.26 Å². The molecule has 2 aromatic carbocycles. The van der Waals surface area contributed by atoms with E-state index in [1.807, 2.05) is 56.4 Å². The number of carbonyl (C=O) groups is 1. The summed E-state index contributed by atoms with van der Waals surface area (Å²) in [5, 5.41) is 12.6. The van der Waals surface area contributed by atoms with Gasteiger partial charge in [0, 0.05) is 56.2 Å². The van der Waals surface area contributed by atoms with Crippen LogP contribution in [0.15, 0.2) is 60.7 Å². The highest BCUT2D eigenvalue weighted by Crippen LogP contribution is 2.22. The summed E-state index contributed by atoms with van der Waals surface area (Å²) in [6.07, 6.45) is 0.286. The van der Waals surface area contributed by atoms with Crippen molar-refractivity contribution in [3.05, 3.63) is 83.0 Å². The van der Waals surface area contributed by atoms with Crippen LogP contribution in [-0.4, -0.2) is 48.5 Å². The largest absolute Gasteiger partial charge is 0.315 e. The third kappa shape index (κ3) is 5.69. The fourth-order valence-corrected chi connectivity index (χ4v) is 4.35. The molecule has 34 heavy (non-hydrogen) atoms. The van der Waals surface area contributed by atoms with E-state index in [0.717, 1.165) is 54.4 Å². The smallest absolute Gasteiger partial charge is 0.231 e. The number of anilines is 1. The Morgan fingerprint density at radius 3 is 2.71 bits per heavy atom. The summed E-state index contributed by atoms with van der Waals surface area (Å²) in [6.45, 7) is 8.20. The Hall–Kier alpha value is -3.53. The molecule has 1 aliphatic rings. The summed E-state index contributed by atoms with van der Waals surface area (Å²) in [7, 11) is 1.82. The van der Waals surface area contributed by atoms with E-state index in [1.165, 1.54) is 5.56 Å². The van der Waals surface area contributed by atoms with E-state index < -0.39 is 0 Å². The number of likely N-dealkylation sites (N-methyl/N-ethyl adjacent to an activating group) is 1. The quantitative estimate of drug-likeness (QED) is 0.612. The average molecular weight is 454 g/mol. The number of nitriles is 1. The van der Waals surface area contributed by atoms with Gasteiger partial charge in [-0.15, -0.1) is 0 Å². The Labute approximate surface area is 201 Å². The number of benzene rings is 2. The molecule has 0 aliphatic carbocycles. The van der Waals surface area contributed by atoms with Gasteiger partial charge in [0.2, 0.25) is 5.91 Å². The molecule has 4 rings (SSSR count). The van der Waals surface area contributed by atoms with Crippen molar-refractivity contribution in [2.24, 2.45) is 0 Å². The average Bonchev–Trinajstić information content (AvgIpc) is 2.85. The molecule has 174 valence electrons. The van der Waals surface area contributed by atoms with Crippen LogP contribution in [0.5, 0.6) is 0 Å². The summed E-state index contributed by atoms with van der Waals surface area (Å²) in [4.78, 5) is 21.8. The number of aromatic nitrogens is 1. The maximum atomic E-state index is 13.0. The minimum Gasteiger partial charge on any atom is -0.315 e. The number of rotatable bonds is 6. The summed E-state index contributed by atoms with van der Waals surface area (Å²) in [5.41, 5.74) is 6.17. The van der Waals surface area contributed by atoms with Crippen molar-refractivity contribution < 1.29 is 4.79 Å². The molecule has 0 spiro atoms. The number of aryl methyl sites for hydroxylation is 1.